The Kier molecular flexibility index (Phi) is 2.90. The van der Waals surface area contributed by atoms with Crippen molar-refractivity contribution in [2.45, 2.75) is 25.4 Å². The molecule has 1 saturated carbocycles. The number of carbonyl (C=O) groups excluding carboxylic acids is 1. The van der Waals surface area contributed by atoms with Gasteiger partial charge in [0.05, 0.1) is 13.2 Å². The van der Waals surface area contributed by atoms with E-state index in [2.05, 4.69) is 0 Å². The SMILES string of the molecule is COc1cc(C=O)ccc1OC1CCC1. The van der Waals surface area contributed by atoms with Crippen LogP contribution in [0.3, 0.4) is 0 Å². The molecule has 0 saturated heterocycles. The van der Waals surface area contributed by atoms with E-state index in [4.69, 9.17) is 9.47 Å². The fourth-order valence-electron chi connectivity index (χ4n) is 1.52. The summed E-state index contributed by atoms with van der Waals surface area (Å²) in [6.45, 7) is 0. The quantitative estimate of drug-likeness (QED) is 0.710. The van der Waals surface area contributed by atoms with Gasteiger partial charge >= 0.3 is 0 Å². The number of rotatable bonds is 4. The van der Waals surface area contributed by atoms with Gasteiger partial charge in [-0.25, -0.2) is 0 Å². The Labute approximate surface area is 89.0 Å². The molecule has 1 fully saturated rings. The molecule has 1 aromatic carbocycles. The number of hydrogen-bond acceptors (Lipinski definition) is 3. The van der Waals surface area contributed by atoms with Crippen LogP contribution in [0.4, 0.5) is 0 Å². The van der Waals surface area contributed by atoms with Crippen LogP contribution in [0.15, 0.2) is 18.2 Å². The number of benzene rings is 1. The minimum Gasteiger partial charge on any atom is -0.493 e. The van der Waals surface area contributed by atoms with Gasteiger partial charge in [0.25, 0.3) is 0 Å². The van der Waals surface area contributed by atoms with Crippen molar-refractivity contribution < 1.29 is 14.3 Å². The molecule has 0 bridgehead atoms. The van der Waals surface area contributed by atoms with Crippen LogP contribution in [0, 0.1) is 0 Å². The minimum atomic E-state index is 0.320. The smallest absolute Gasteiger partial charge is 0.161 e. The zero-order valence-corrected chi connectivity index (χ0v) is 8.73. The van der Waals surface area contributed by atoms with Crippen LogP contribution in [0.1, 0.15) is 29.6 Å². The van der Waals surface area contributed by atoms with Crippen molar-refractivity contribution in [2.24, 2.45) is 0 Å². The first-order chi connectivity index (χ1) is 7.33. The van der Waals surface area contributed by atoms with Crippen molar-refractivity contribution in [3.05, 3.63) is 23.8 Å². The summed E-state index contributed by atoms with van der Waals surface area (Å²) in [6.07, 6.45) is 4.58. The van der Waals surface area contributed by atoms with Crippen LogP contribution in [-0.2, 0) is 0 Å². The van der Waals surface area contributed by atoms with Crippen molar-refractivity contribution in [1.29, 1.82) is 0 Å². The molecule has 0 heterocycles. The number of aldehydes is 1. The molecule has 0 spiro atoms. The lowest BCUT2D eigenvalue weighted by Crippen LogP contribution is -2.24. The van der Waals surface area contributed by atoms with E-state index in [-0.39, 0.29) is 0 Å². The molecule has 0 atom stereocenters. The highest BCUT2D eigenvalue weighted by Gasteiger charge is 2.20. The first kappa shape index (κ1) is 10.0. The van der Waals surface area contributed by atoms with Crippen molar-refractivity contribution in [1.82, 2.24) is 0 Å². The van der Waals surface area contributed by atoms with E-state index < -0.39 is 0 Å². The first-order valence-electron chi connectivity index (χ1n) is 5.13. The van der Waals surface area contributed by atoms with Gasteiger partial charge in [-0.1, -0.05) is 0 Å². The van der Waals surface area contributed by atoms with Gasteiger partial charge in [-0.15, -0.1) is 0 Å². The summed E-state index contributed by atoms with van der Waals surface area (Å²) >= 11 is 0. The van der Waals surface area contributed by atoms with Crippen LogP contribution in [-0.4, -0.2) is 19.5 Å². The first-order valence-corrected chi connectivity index (χ1v) is 5.13. The average molecular weight is 206 g/mol. The van der Waals surface area contributed by atoms with Gasteiger partial charge in [-0.05, 0) is 37.5 Å². The fourth-order valence-corrected chi connectivity index (χ4v) is 1.52. The minimum absolute atomic E-state index is 0.320. The number of hydrogen-bond donors (Lipinski definition) is 0. The summed E-state index contributed by atoms with van der Waals surface area (Å²) in [6, 6.07) is 5.23. The van der Waals surface area contributed by atoms with E-state index >= 15 is 0 Å². The van der Waals surface area contributed by atoms with E-state index in [1.165, 1.54) is 6.42 Å². The van der Waals surface area contributed by atoms with Gasteiger partial charge in [-0.3, -0.25) is 4.79 Å². The lowest BCUT2D eigenvalue weighted by Gasteiger charge is -2.27. The van der Waals surface area contributed by atoms with E-state index in [1.807, 2.05) is 0 Å². The van der Waals surface area contributed by atoms with Crippen molar-refractivity contribution in [3.63, 3.8) is 0 Å². The molecule has 0 amide bonds. The molecule has 3 nitrogen and oxygen atoms in total. The van der Waals surface area contributed by atoms with E-state index in [0.717, 1.165) is 24.9 Å². The monoisotopic (exact) mass is 206 g/mol. The molecule has 2 rings (SSSR count). The second-order valence-electron chi connectivity index (χ2n) is 3.70. The predicted molar refractivity (Wildman–Crippen MR) is 56.6 cm³/mol. The Morgan fingerprint density at radius 3 is 2.67 bits per heavy atom. The molecule has 1 aliphatic carbocycles. The van der Waals surface area contributed by atoms with E-state index in [1.54, 1.807) is 25.3 Å². The fraction of sp³-hybridized carbons (Fsp3) is 0.417. The largest absolute Gasteiger partial charge is 0.493 e. The van der Waals surface area contributed by atoms with Crippen LogP contribution in [0.5, 0.6) is 11.5 Å². The Morgan fingerprint density at radius 2 is 2.13 bits per heavy atom. The van der Waals surface area contributed by atoms with Gasteiger partial charge in [0.15, 0.2) is 11.5 Å². The summed E-state index contributed by atoms with van der Waals surface area (Å²) in [4.78, 5) is 10.6. The molecule has 0 N–H and O–H groups in total. The topological polar surface area (TPSA) is 35.5 Å². The molecule has 0 radical (unpaired) electrons. The third kappa shape index (κ3) is 2.12. The average Bonchev–Trinajstić information content (AvgIpc) is 2.23. The molecule has 0 aliphatic heterocycles. The molecule has 1 aromatic rings. The summed E-state index contributed by atoms with van der Waals surface area (Å²) in [5.41, 5.74) is 0.604. The molecular formula is C12H14O3. The van der Waals surface area contributed by atoms with Gasteiger partial charge in [0.2, 0.25) is 0 Å². The Balaban J connectivity index is 2.17. The van der Waals surface area contributed by atoms with Gasteiger partial charge in [0, 0.05) is 5.56 Å². The van der Waals surface area contributed by atoms with Crippen LogP contribution < -0.4 is 9.47 Å². The number of methoxy groups -OCH3 is 1. The molecular weight excluding hydrogens is 192 g/mol. The normalized spacial score (nSPS) is 15.5. The third-order valence-corrected chi connectivity index (χ3v) is 2.67. The zero-order valence-electron chi connectivity index (χ0n) is 8.73. The highest BCUT2D eigenvalue weighted by atomic mass is 16.5. The van der Waals surface area contributed by atoms with E-state index in [0.29, 0.717) is 17.4 Å². The van der Waals surface area contributed by atoms with Gasteiger partial charge in [0.1, 0.15) is 6.29 Å². The Hall–Kier alpha value is -1.51. The highest BCUT2D eigenvalue weighted by Crippen LogP contribution is 2.32. The van der Waals surface area contributed by atoms with Gasteiger partial charge < -0.3 is 9.47 Å². The molecule has 3 heteroatoms. The Morgan fingerprint density at radius 1 is 1.33 bits per heavy atom. The molecule has 15 heavy (non-hydrogen) atoms. The number of carbonyl (C=O) groups is 1. The summed E-state index contributed by atoms with van der Waals surface area (Å²) in [7, 11) is 1.58. The van der Waals surface area contributed by atoms with Crippen molar-refractivity contribution in [2.75, 3.05) is 7.11 Å². The predicted octanol–water partition coefficient (Wildman–Crippen LogP) is 2.44. The van der Waals surface area contributed by atoms with Crippen LogP contribution in [0.2, 0.25) is 0 Å². The lowest BCUT2D eigenvalue weighted by atomic mass is 9.96. The van der Waals surface area contributed by atoms with Crippen molar-refractivity contribution in [3.8, 4) is 11.5 Å². The highest BCUT2D eigenvalue weighted by molar-refractivity contribution is 5.76. The number of ether oxygens (including phenoxy) is 2. The summed E-state index contributed by atoms with van der Waals surface area (Å²) < 4.78 is 10.9. The molecule has 0 unspecified atom stereocenters. The second-order valence-corrected chi connectivity index (χ2v) is 3.70. The maximum Gasteiger partial charge on any atom is 0.161 e. The zero-order chi connectivity index (χ0) is 10.7. The molecule has 80 valence electrons. The molecule has 0 aromatic heterocycles. The van der Waals surface area contributed by atoms with Crippen LogP contribution in [0.25, 0.3) is 0 Å². The third-order valence-electron chi connectivity index (χ3n) is 2.67. The second kappa shape index (κ2) is 4.34. The molecule has 1 aliphatic rings. The summed E-state index contributed by atoms with van der Waals surface area (Å²) in [5.74, 6) is 1.36. The van der Waals surface area contributed by atoms with Crippen molar-refractivity contribution >= 4 is 6.29 Å². The standard InChI is InChI=1S/C12H14O3/c1-14-12-7-9(8-13)5-6-11(12)15-10-3-2-4-10/h5-8,10H,2-4H2,1H3. The maximum absolute atomic E-state index is 10.6. The lowest BCUT2D eigenvalue weighted by molar-refractivity contribution is 0.112. The van der Waals surface area contributed by atoms with Crippen LogP contribution >= 0.6 is 0 Å². The maximum atomic E-state index is 10.6. The van der Waals surface area contributed by atoms with Gasteiger partial charge in [-0.2, -0.15) is 0 Å². The van der Waals surface area contributed by atoms with E-state index in [9.17, 15) is 4.79 Å². The Bertz CT molecular complexity index is 356. The summed E-state index contributed by atoms with van der Waals surface area (Å²) in [5, 5.41) is 0.